The number of para-hydroxylation sites is 1. The zero-order chi connectivity index (χ0) is 34.0. The van der Waals surface area contributed by atoms with Gasteiger partial charge in [-0.3, -0.25) is 9.78 Å². The van der Waals surface area contributed by atoms with Crippen molar-refractivity contribution in [1.29, 1.82) is 0 Å². The minimum absolute atomic E-state index is 0.206. The lowest BCUT2D eigenvalue weighted by Gasteiger charge is -2.22. The summed E-state index contributed by atoms with van der Waals surface area (Å²) in [6, 6.07) is 13.6. The molecule has 2 N–H and O–H groups in total. The molecular formula is C26H18F9N3O7. The molecule has 0 bridgehead atoms. The summed E-state index contributed by atoms with van der Waals surface area (Å²) < 4.78 is 105. The maximum absolute atomic E-state index is 13.2. The number of carboxylic acid groups (broad SMARTS) is 2. The van der Waals surface area contributed by atoms with E-state index >= 15 is 0 Å². The SMILES string of the molecule is O=C(O)C(F)(F)F.O=C(O)C(F)(F)F.O=C1N(c2ccc(OC(F)(F)F)cc2)C(=O)C2(CC2)N1Cc1ccnc2ccccc12. The van der Waals surface area contributed by atoms with Crippen LogP contribution in [-0.4, -0.2) is 68.2 Å². The number of halogens is 9. The topological polar surface area (TPSA) is 137 Å². The number of alkyl halides is 9. The van der Waals surface area contributed by atoms with Crippen molar-refractivity contribution in [1.82, 2.24) is 9.88 Å². The second kappa shape index (κ2) is 12.5. The Morgan fingerprint density at radius 1 is 0.822 bits per heavy atom. The van der Waals surface area contributed by atoms with Crippen LogP contribution < -0.4 is 9.64 Å². The van der Waals surface area contributed by atoms with Crippen LogP contribution >= 0.6 is 0 Å². The minimum atomic E-state index is -5.08. The summed E-state index contributed by atoms with van der Waals surface area (Å²) in [5, 5.41) is 15.1. The molecule has 10 nitrogen and oxygen atoms in total. The number of imide groups is 1. The molecule has 3 aromatic rings. The third kappa shape index (κ3) is 8.30. The van der Waals surface area contributed by atoms with Crippen molar-refractivity contribution in [3.05, 3.63) is 66.4 Å². The highest BCUT2D eigenvalue weighted by molar-refractivity contribution is 6.24. The van der Waals surface area contributed by atoms with Crippen molar-refractivity contribution in [3.63, 3.8) is 0 Å². The van der Waals surface area contributed by atoms with Crippen molar-refractivity contribution in [2.24, 2.45) is 0 Å². The molecule has 1 saturated heterocycles. The highest BCUT2D eigenvalue weighted by atomic mass is 19.4. The third-order valence-corrected chi connectivity index (χ3v) is 6.14. The zero-order valence-corrected chi connectivity index (χ0v) is 22.1. The number of aliphatic carboxylic acids is 2. The first-order valence-electron chi connectivity index (χ1n) is 12.1. The Morgan fingerprint density at radius 3 is 1.80 bits per heavy atom. The van der Waals surface area contributed by atoms with Gasteiger partial charge in [0.2, 0.25) is 0 Å². The van der Waals surface area contributed by atoms with Gasteiger partial charge in [0.15, 0.2) is 0 Å². The third-order valence-electron chi connectivity index (χ3n) is 6.14. The van der Waals surface area contributed by atoms with Crippen molar-refractivity contribution < 1.29 is 73.6 Å². The lowest BCUT2D eigenvalue weighted by Crippen LogP contribution is -2.36. The molecule has 0 radical (unpaired) electrons. The van der Waals surface area contributed by atoms with E-state index in [-0.39, 0.29) is 18.1 Å². The van der Waals surface area contributed by atoms with Crippen molar-refractivity contribution >= 4 is 40.5 Å². The Hall–Kier alpha value is -5.10. The van der Waals surface area contributed by atoms with Gasteiger partial charge in [-0.25, -0.2) is 19.3 Å². The van der Waals surface area contributed by atoms with Crippen LogP contribution in [0, 0.1) is 0 Å². The summed E-state index contributed by atoms with van der Waals surface area (Å²) in [5.74, 6) is -6.29. The molecule has 1 aliphatic carbocycles. The smallest absolute Gasteiger partial charge is 0.475 e. The molecule has 1 spiro atoms. The Labute approximate surface area is 245 Å². The summed E-state index contributed by atoms with van der Waals surface area (Å²) in [7, 11) is 0. The number of hydrogen-bond donors (Lipinski definition) is 2. The van der Waals surface area contributed by atoms with Crippen LogP contribution in [0.25, 0.3) is 10.9 Å². The molecule has 1 aliphatic heterocycles. The van der Waals surface area contributed by atoms with E-state index < -0.39 is 48.0 Å². The van der Waals surface area contributed by atoms with Crippen LogP contribution in [0.4, 0.5) is 50.0 Å². The lowest BCUT2D eigenvalue weighted by atomic mass is 10.1. The van der Waals surface area contributed by atoms with E-state index in [9.17, 15) is 49.1 Å². The van der Waals surface area contributed by atoms with Crippen LogP contribution in [0.2, 0.25) is 0 Å². The van der Waals surface area contributed by atoms with Gasteiger partial charge >= 0.3 is 36.7 Å². The number of pyridine rings is 1. The number of rotatable bonds is 4. The Kier molecular flexibility index (Phi) is 9.54. The predicted molar refractivity (Wildman–Crippen MR) is 133 cm³/mol. The first-order valence-corrected chi connectivity index (χ1v) is 12.1. The van der Waals surface area contributed by atoms with Gasteiger partial charge in [0, 0.05) is 18.1 Å². The Morgan fingerprint density at radius 2 is 1.33 bits per heavy atom. The molecular weight excluding hydrogens is 637 g/mol. The number of carbonyl (C=O) groups is 4. The number of carboxylic acids is 2. The van der Waals surface area contributed by atoms with Gasteiger partial charge in [-0.2, -0.15) is 26.3 Å². The number of carbonyl (C=O) groups excluding carboxylic acids is 2. The van der Waals surface area contributed by atoms with E-state index in [1.165, 1.54) is 12.1 Å². The molecule has 1 saturated carbocycles. The quantitative estimate of drug-likeness (QED) is 0.262. The maximum Gasteiger partial charge on any atom is 0.573 e. The summed E-state index contributed by atoms with van der Waals surface area (Å²) in [5.41, 5.74) is 0.967. The lowest BCUT2D eigenvalue weighted by molar-refractivity contribution is -0.274. The van der Waals surface area contributed by atoms with Crippen LogP contribution in [0.15, 0.2) is 60.8 Å². The molecule has 242 valence electrons. The number of urea groups is 1. The standard InChI is InChI=1S/C22H16F3N3O3.2C2HF3O2/c23-22(24,25)31-16-7-5-15(6-8-16)28-19(29)21(10-11-21)27(20(28)30)13-14-9-12-26-18-4-2-1-3-17(14)18;2*3-2(4,5)1(6)7/h1-9,12H,10-11,13H2;2*(H,6,7). The van der Waals surface area contributed by atoms with Crippen LogP contribution in [0.3, 0.4) is 0 Å². The molecule has 45 heavy (non-hydrogen) atoms. The largest absolute Gasteiger partial charge is 0.573 e. The van der Waals surface area contributed by atoms with Gasteiger partial charge < -0.3 is 19.8 Å². The second-order valence-corrected chi connectivity index (χ2v) is 9.18. The number of nitrogens with zero attached hydrogens (tertiary/aromatic N) is 3. The number of hydrogen-bond acceptors (Lipinski definition) is 6. The molecule has 5 rings (SSSR count). The minimum Gasteiger partial charge on any atom is -0.475 e. The molecule has 2 fully saturated rings. The van der Waals surface area contributed by atoms with Crippen LogP contribution in [-0.2, 0) is 20.9 Å². The summed E-state index contributed by atoms with van der Waals surface area (Å²) in [4.78, 5) is 51.1. The van der Waals surface area contributed by atoms with Crippen LogP contribution in [0.1, 0.15) is 18.4 Å². The highest BCUT2D eigenvalue weighted by Crippen LogP contribution is 2.50. The van der Waals surface area contributed by atoms with Gasteiger partial charge in [0.05, 0.1) is 11.2 Å². The van der Waals surface area contributed by atoms with Crippen LogP contribution in [0.5, 0.6) is 5.75 Å². The average molecular weight is 655 g/mol. The first-order chi connectivity index (χ1) is 20.7. The number of anilines is 1. The Balaban J connectivity index is 0.000000331. The fourth-order valence-corrected chi connectivity index (χ4v) is 4.02. The maximum atomic E-state index is 13.2. The second-order valence-electron chi connectivity index (χ2n) is 9.18. The molecule has 3 amide bonds. The summed E-state index contributed by atoms with van der Waals surface area (Å²) in [6.07, 6.45) is -12.2. The van der Waals surface area contributed by atoms with Gasteiger partial charge in [-0.15, -0.1) is 13.2 Å². The first kappa shape index (κ1) is 34.4. The fourth-order valence-electron chi connectivity index (χ4n) is 4.02. The molecule has 2 heterocycles. The molecule has 2 aromatic carbocycles. The van der Waals surface area contributed by atoms with Crippen molar-refractivity contribution in [2.75, 3.05) is 4.90 Å². The predicted octanol–water partition coefficient (Wildman–Crippen LogP) is 5.90. The molecule has 19 heteroatoms. The number of amides is 3. The van der Waals surface area contributed by atoms with Gasteiger partial charge in [-0.05, 0) is 54.8 Å². The molecule has 2 aliphatic rings. The molecule has 0 atom stereocenters. The van der Waals surface area contributed by atoms with Crippen molar-refractivity contribution in [2.45, 2.75) is 43.6 Å². The van der Waals surface area contributed by atoms with Gasteiger partial charge in [-0.1, -0.05) is 18.2 Å². The fraction of sp³-hybridized carbons (Fsp3) is 0.269. The summed E-state index contributed by atoms with van der Waals surface area (Å²) in [6.45, 7) is 0.235. The summed E-state index contributed by atoms with van der Waals surface area (Å²) >= 11 is 0. The normalized spacial score (nSPS) is 15.7. The monoisotopic (exact) mass is 655 g/mol. The highest BCUT2D eigenvalue weighted by Gasteiger charge is 2.65. The van der Waals surface area contributed by atoms with E-state index in [0.717, 1.165) is 33.5 Å². The van der Waals surface area contributed by atoms with Gasteiger partial charge in [0.25, 0.3) is 5.91 Å². The Bertz CT molecular complexity index is 1560. The van der Waals surface area contributed by atoms with E-state index in [2.05, 4.69) is 9.72 Å². The van der Waals surface area contributed by atoms with E-state index in [1.807, 2.05) is 30.3 Å². The zero-order valence-electron chi connectivity index (χ0n) is 22.1. The number of ether oxygens (including phenoxy) is 1. The number of aromatic nitrogens is 1. The van der Waals surface area contributed by atoms with E-state index in [4.69, 9.17) is 19.8 Å². The molecule has 0 unspecified atom stereocenters. The van der Waals surface area contributed by atoms with E-state index in [1.54, 1.807) is 11.1 Å². The number of benzene rings is 2. The van der Waals surface area contributed by atoms with E-state index in [0.29, 0.717) is 12.8 Å². The van der Waals surface area contributed by atoms with Gasteiger partial charge in [0.1, 0.15) is 11.3 Å². The average Bonchev–Trinajstić information content (AvgIpc) is 3.70. The number of fused-ring (bicyclic) bond motifs is 1. The van der Waals surface area contributed by atoms with Crippen molar-refractivity contribution in [3.8, 4) is 5.75 Å². The molecule has 1 aromatic heterocycles.